The SMILES string of the molecule is CCNC(c1cccc(Cl)c1F)c1cccc(Br)c1F. The van der Waals surface area contributed by atoms with E-state index in [0.29, 0.717) is 22.1 Å². The summed E-state index contributed by atoms with van der Waals surface area (Å²) < 4.78 is 28.8. The first-order valence-corrected chi connectivity index (χ1v) is 7.34. The predicted octanol–water partition coefficient (Wildman–Crippen LogP) is 5.08. The lowest BCUT2D eigenvalue weighted by Gasteiger charge is -2.21. The monoisotopic (exact) mass is 359 g/mol. The standard InChI is InChI=1S/C15H13BrClF2N/c1-2-20-15(9-5-3-7-11(16)13(9)18)10-6-4-8-12(17)14(10)19/h3-8,15,20H,2H2,1H3. The minimum absolute atomic E-state index is 0.0285. The van der Waals surface area contributed by atoms with Crippen molar-refractivity contribution in [2.45, 2.75) is 13.0 Å². The average molecular weight is 361 g/mol. The lowest BCUT2D eigenvalue weighted by atomic mass is 9.97. The second kappa shape index (κ2) is 6.66. The summed E-state index contributed by atoms with van der Waals surface area (Å²) in [6.07, 6.45) is 0. The first kappa shape index (κ1) is 15.4. The fraction of sp³-hybridized carbons (Fsp3) is 0.200. The van der Waals surface area contributed by atoms with Crippen LogP contribution in [0.3, 0.4) is 0 Å². The number of rotatable bonds is 4. The Kier molecular flexibility index (Phi) is 5.13. The third kappa shape index (κ3) is 3.03. The molecule has 0 saturated heterocycles. The summed E-state index contributed by atoms with van der Waals surface area (Å²) in [6.45, 7) is 2.45. The molecule has 0 aliphatic rings. The molecule has 1 unspecified atom stereocenters. The average Bonchev–Trinajstić information content (AvgIpc) is 2.43. The van der Waals surface area contributed by atoms with Gasteiger partial charge in [-0.25, -0.2) is 8.78 Å². The quantitative estimate of drug-likeness (QED) is 0.802. The molecule has 20 heavy (non-hydrogen) atoms. The van der Waals surface area contributed by atoms with Gasteiger partial charge in [0.05, 0.1) is 15.5 Å². The Balaban J connectivity index is 2.56. The number of benzene rings is 2. The second-order valence-corrected chi connectivity index (χ2v) is 5.54. The van der Waals surface area contributed by atoms with Crippen molar-refractivity contribution in [2.75, 3.05) is 6.54 Å². The van der Waals surface area contributed by atoms with Crippen LogP contribution in [0.5, 0.6) is 0 Å². The number of halogens is 4. The molecule has 0 spiro atoms. The Hall–Kier alpha value is -0.970. The van der Waals surface area contributed by atoms with Gasteiger partial charge in [0.2, 0.25) is 0 Å². The first-order chi connectivity index (χ1) is 9.56. The zero-order chi connectivity index (χ0) is 14.7. The molecule has 0 aromatic heterocycles. The zero-order valence-corrected chi connectivity index (χ0v) is 13.1. The van der Waals surface area contributed by atoms with Crippen molar-refractivity contribution in [3.63, 3.8) is 0 Å². The molecule has 0 aliphatic carbocycles. The Bertz CT molecular complexity index is 567. The molecule has 1 atom stereocenters. The van der Waals surface area contributed by atoms with E-state index in [4.69, 9.17) is 11.6 Å². The Labute approximate surface area is 130 Å². The summed E-state index contributed by atoms with van der Waals surface area (Å²) in [5.74, 6) is -0.933. The third-order valence-electron chi connectivity index (χ3n) is 2.99. The molecule has 2 aromatic rings. The van der Waals surface area contributed by atoms with Gasteiger partial charge in [-0.2, -0.15) is 0 Å². The third-order valence-corrected chi connectivity index (χ3v) is 3.90. The smallest absolute Gasteiger partial charge is 0.146 e. The minimum Gasteiger partial charge on any atom is -0.306 e. The Morgan fingerprint density at radius 1 is 1.10 bits per heavy atom. The van der Waals surface area contributed by atoms with E-state index in [1.807, 2.05) is 6.92 Å². The molecule has 2 rings (SSSR count). The van der Waals surface area contributed by atoms with Crippen molar-refractivity contribution < 1.29 is 8.78 Å². The van der Waals surface area contributed by atoms with Crippen LogP contribution in [-0.2, 0) is 0 Å². The van der Waals surface area contributed by atoms with Gasteiger partial charge in [-0.15, -0.1) is 0 Å². The zero-order valence-electron chi connectivity index (χ0n) is 10.8. The molecule has 1 nitrogen and oxygen atoms in total. The molecule has 5 heteroatoms. The van der Waals surface area contributed by atoms with Gasteiger partial charge in [-0.1, -0.05) is 42.8 Å². The molecule has 0 fully saturated rings. The van der Waals surface area contributed by atoms with Crippen LogP contribution in [0.15, 0.2) is 40.9 Å². The van der Waals surface area contributed by atoms with E-state index in [9.17, 15) is 8.78 Å². The van der Waals surface area contributed by atoms with Gasteiger partial charge in [0.1, 0.15) is 11.6 Å². The van der Waals surface area contributed by atoms with E-state index in [1.54, 1.807) is 30.3 Å². The van der Waals surface area contributed by atoms with Crippen LogP contribution in [0.2, 0.25) is 5.02 Å². The molecule has 0 aliphatic heterocycles. The highest BCUT2D eigenvalue weighted by Gasteiger charge is 2.22. The summed E-state index contributed by atoms with van der Waals surface area (Å²) in [7, 11) is 0. The molecule has 0 amide bonds. The Morgan fingerprint density at radius 3 is 2.35 bits per heavy atom. The van der Waals surface area contributed by atoms with Crippen molar-refractivity contribution >= 4 is 27.5 Å². The normalized spacial score (nSPS) is 12.4. The molecule has 0 bridgehead atoms. The van der Waals surface area contributed by atoms with Crippen LogP contribution in [-0.4, -0.2) is 6.54 Å². The minimum atomic E-state index is -0.587. The highest BCUT2D eigenvalue weighted by Crippen LogP contribution is 2.31. The molecular weight excluding hydrogens is 348 g/mol. The Morgan fingerprint density at radius 2 is 1.70 bits per heavy atom. The van der Waals surface area contributed by atoms with E-state index in [1.165, 1.54) is 6.07 Å². The van der Waals surface area contributed by atoms with Gasteiger partial charge in [-0.05, 0) is 34.6 Å². The maximum absolute atomic E-state index is 14.3. The number of hydrogen-bond acceptors (Lipinski definition) is 1. The van der Waals surface area contributed by atoms with E-state index in [2.05, 4.69) is 21.2 Å². The lowest BCUT2D eigenvalue weighted by molar-refractivity contribution is 0.528. The van der Waals surface area contributed by atoms with E-state index >= 15 is 0 Å². The second-order valence-electron chi connectivity index (χ2n) is 4.28. The van der Waals surface area contributed by atoms with Gasteiger partial charge in [0, 0.05) is 11.1 Å². The van der Waals surface area contributed by atoms with Crippen molar-refractivity contribution in [3.8, 4) is 0 Å². The fourth-order valence-corrected chi connectivity index (χ4v) is 2.64. The summed E-state index contributed by atoms with van der Waals surface area (Å²) in [5.41, 5.74) is 0.707. The van der Waals surface area contributed by atoms with Crippen LogP contribution in [0, 0.1) is 11.6 Å². The molecule has 1 N–H and O–H groups in total. The fourth-order valence-electron chi connectivity index (χ4n) is 2.08. The highest BCUT2D eigenvalue weighted by atomic mass is 79.9. The molecular formula is C15H13BrClF2N. The van der Waals surface area contributed by atoms with Gasteiger partial charge in [0.15, 0.2) is 0 Å². The van der Waals surface area contributed by atoms with Gasteiger partial charge in [0.25, 0.3) is 0 Å². The van der Waals surface area contributed by atoms with Crippen molar-refractivity contribution in [3.05, 3.63) is 68.7 Å². The first-order valence-electron chi connectivity index (χ1n) is 6.17. The van der Waals surface area contributed by atoms with Gasteiger partial charge in [-0.3, -0.25) is 0 Å². The van der Waals surface area contributed by atoms with Crippen molar-refractivity contribution in [1.29, 1.82) is 0 Å². The van der Waals surface area contributed by atoms with Crippen LogP contribution >= 0.6 is 27.5 Å². The largest absolute Gasteiger partial charge is 0.306 e. The molecule has 106 valence electrons. The van der Waals surface area contributed by atoms with Crippen LogP contribution < -0.4 is 5.32 Å². The van der Waals surface area contributed by atoms with Gasteiger partial charge >= 0.3 is 0 Å². The summed E-state index contributed by atoms with van der Waals surface area (Å²) >= 11 is 8.96. The van der Waals surface area contributed by atoms with Crippen LogP contribution in [0.25, 0.3) is 0 Å². The maximum Gasteiger partial charge on any atom is 0.146 e. The summed E-state index contributed by atoms with van der Waals surface area (Å²) in [6, 6.07) is 9.10. The van der Waals surface area contributed by atoms with E-state index in [-0.39, 0.29) is 5.02 Å². The summed E-state index contributed by atoms with van der Waals surface area (Å²) in [5, 5.41) is 3.12. The van der Waals surface area contributed by atoms with Crippen molar-refractivity contribution in [2.24, 2.45) is 0 Å². The molecule has 0 heterocycles. The topological polar surface area (TPSA) is 12.0 Å². The van der Waals surface area contributed by atoms with Crippen molar-refractivity contribution in [1.82, 2.24) is 5.32 Å². The number of hydrogen-bond donors (Lipinski definition) is 1. The van der Waals surface area contributed by atoms with Gasteiger partial charge < -0.3 is 5.32 Å². The van der Waals surface area contributed by atoms with E-state index in [0.717, 1.165) is 0 Å². The maximum atomic E-state index is 14.3. The molecule has 0 radical (unpaired) electrons. The van der Waals surface area contributed by atoms with Crippen LogP contribution in [0.1, 0.15) is 24.1 Å². The molecule has 2 aromatic carbocycles. The lowest BCUT2D eigenvalue weighted by Crippen LogP contribution is -2.24. The summed E-state index contributed by atoms with van der Waals surface area (Å²) in [4.78, 5) is 0. The number of nitrogens with one attached hydrogen (secondary N) is 1. The van der Waals surface area contributed by atoms with E-state index < -0.39 is 17.7 Å². The van der Waals surface area contributed by atoms with Crippen LogP contribution in [0.4, 0.5) is 8.78 Å². The highest BCUT2D eigenvalue weighted by molar-refractivity contribution is 9.10. The predicted molar refractivity (Wildman–Crippen MR) is 81.0 cm³/mol. The molecule has 0 saturated carbocycles.